The van der Waals surface area contributed by atoms with Gasteiger partial charge in [-0.15, -0.1) is 12.4 Å². The van der Waals surface area contributed by atoms with E-state index in [1.807, 2.05) is 19.1 Å². The molecule has 2 N–H and O–H groups in total. The van der Waals surface area contributed by atoms with Crippen molar-refractivity contribution in [3.63, 3.8) is 0 Å². The van der Waals surface area contributed by atoms with Crippen LogP contribution in [0.15, 0.2) is 28.7 Å². The van der Waals surface area contributed by atoms with Crippen LogP contribution < -0.4 is 10.6 Å². The lowest BCUT2D eigenvalue weighted by Gasteiger charge is -2.24. The average molecular weight is 388 g/mol. The number of fused-ring (bicyclic) bond motifs is 1. The number of halogens is 2. The van der Waals surface area contributed by atoms with Crippen LogP contribution in [-0.2, 0) is 4.79 Å². The molecule has 1 aliphatic carbocycles. The molecular weight excluding hydrogens is 364 g/mol. The fraction of sp³-hybridized carbons (Fsp3) is 0.588. The SMILES string of the molecule is CC(NC(=O)C1CC2CCCCC2N1)c1ccc(Br)cc1.Cl. The maximum atomic E-state index is 12.5. The molecule has 122 valence electrons. The lowest BCUT2D eigenvalue weighted by atomic mass is 9.85. The summed E-state index contributed by atoms with van der Waals surface area (Å²) in [5.74, 6) is 0.859. The summed E-state index contributed by atoms with van der Waals surface area (Å²) < 4.78 is 1.06. The first-order valence-corrected chi connectivity index (χ1v) is 8.74. The van der Waals surface area contributed by atoms with E-state index < -0.39 is 0 Å². The minimum Gasteiger partial charge on any atom is -0.348 e. The van der Waals surface area contributed by atoms with Gasteiger partial charge in [-0.3, -0.25) is 4.79 Å². The number of rotatable bonds is 3. The van der Waals surface area contributed by atoms with E-state index >= 15 is 0 Å². The van der Waals surface area contributed by atoms with Crippen LogP contribution in [-0.4, -0.2) is 18.0 Å². The van der Waals surface area contributed by atoms with Crippen molar-refractivity contribution in [3.05, 3.63) is 34.3 Å². The third-order valence-electron chi connectivity index (χ3n) is 4.91. The summed E-state index contributed by atoms with van der Waals surface area (Å²) in [6.45, 7) is 2.04. The number of carbonyl (C=O) groups is 1. The molecule has 1 heterocycles. The standard InChI is InChI=1S/C17H23BrN2O.ClH/c1-11(12-6-8-14(18)9-7-12)19-17(21)16-10-13-4-2-3-5-15(13)20-16;/h6-9,11,13,15-16,20H,2-5,10H2,1H3,(H,19,21);1H. The molecule has 1 aliphatic heterocycles. The Balaban J connectivity index is 0.00000176. The number of carbonyl (C=O) groups excluding carboxylic acids is 1. The second-order valence-corrected chi connectivity index (χ2v) is 7.30. The Morgan fingerprint density at radius 3 is 2.64 bits per heavy atom. The number of nitrogens with one attached hydrogen (secondary N) is 2. The highest BCUT2D eigenvalue weighted by Crippen LogP contribution is 2.33. The maximum Gasteiger partial charge on any atom is 0.237 e. The summed E-state index contributed by atoms with van der Waals surface area (Å²) in [6.07, 6.45) is 6.15. The lowest BCUT2D eigenvalue weighted by Crippen LogP contribution is -2.43. The smallest absolute Gasteiger partial charge is 0.237 e. The van der Waals surface area contributed by atoms with Gasteiger partial charge in [0.1, 0.15) is 0 Å². The zero-order valence-corrected chi connectivity index (χ0v) is 15.3. The monoisotopic (exact) mass is 386 g/mol. The van der Waals surface area contributed by atoms with Crippen molar-refractivity contribution < 1.29 is 4.79 Å². The molecule has 2 fully saturated rings. The van der Waals surface area contributed by atoms with Crippen LogP contribution in [0.5, 0.6) is 0 Å². The van der Waals surface area contributed by atoms with E-state index in [0.717, 1.165) is 16.5 Å². The van der Waals surface area contributed by atoms with Crippen molar-refractivity contribution in [3.8, 4) is 0 Å². The number of hydrogen-bond donors (Lipinski definition) is 2. The third-order valence-corrected chi connectivity index (χ3v) is 5.44. The molecule has 4 atom stereocenters. The fourth-order valence-corrected chi connectivity index (χ4v) is 3.93. The van der Waals surface area contributed by atoms with Crippen molar-refractivity contribution in [2.75, 3.05) is 0 Å². The third kappa shape index (κ3) is 4.03. The summed E-state index contributed by atoms with van der Waals surface area (Å²) in [5, 5.41) is 6.69. The van der Waals surface area contributed by atoms with Gasteiger partial charge in [0.15, 0.2) is 0 Å². The molecule has 1 saturated carbocycles. The van der Waals surface area contributed by atoms with Crippen molar-refractivity contribution >= 4 is 34.2 Å². The number of amides is 1. The maximum absolute atomic E-state index is 12.5. The first-order chi connectivity index (χ1) is 10.1. The van der Waals surface area contributed by atoms with Gasteiger partial charge in [0, 0.05) is 10.5 Å². The van der Waals surface area contributed by atoms with E-state index in [4.69, 9.17) is 0 Å². The minimum atomic E-state index is -0.00371. The molecule has 1 saturated heterocycles. The summed E-state index contributed by atoms with van der Waals surface area (Å²) in [7, 11) is 0. The quantitative estimate of drug-likeness (QED) is 0.824. The Morgan fingerprint density at radius 1 is 1.27 bits per heavy atom. The summed E-state index contributed by atoms with van der Waals surface area (Å²) in [6, 6.07) is 8.75. The zero-order chi connectivity index (χ0) is 14.8. The van der Waals surface area contributed by atoms with E-state index in [-0.39, 0.29) is 30.4 Å². The van der Waals surface area contributed by atoms with E-state index in [0.29, 0.717) is 12.0 Å². The minimum absolute atomic E-state index is 0. The largest absolute Gasteiger partial charge is 0.348 e. The van der Waals surface area contributed by atoms with Crippen molar-refractivity contribution in [2.45, 2.75) is 57.2 Å². The van der Waals surface area contributed by atoms with Crippen molar-refractivity contribution in [2.24, 2.45) is 5.92 Å². The molecule has 3 rings (SSSR count). The van der Waals surface area contributed by atoms with Crippen LogP contribution in [0.2, 0.25) is 0 Å². The molecule has 4 unspecified atom stereocenters. The molecule has 0 spiro atoms. The first-order valence-electron chi connectivity index (χ1n) is 7.95. The van der Waals surface area contributed by atoms with Gasteiger partial charge in [0.05, 0.1) is 12.1 Å². The van der Waals surface area contributed by atoms with E-state index in [1.165, 1.54) is 25.7 Å². The normalized spacial score (nSPS) is 28.4. The Labute approximate surface area is 147 Å². The van der Waals surface area contributed by atoms with E-state index in [1.54, 1.807) is 0 Å². The number of hydrogen-bond acceptors (Lipinski definition) is 2. The average Bonchev–Trinajstić information content (AvgIpc) is 2.92. The molecule has 1 aromatic carbocycles. The van der Waals surface area contributed by atoms with Gasteiger partial charge >= 0.3 is 0 Å². The van der Waals surface area contributed by atoms with Crippen LogP contribution in [0.1, 0.15) is 50.6 Å². The molecule has 5 heteroatoms. The molecular formula is C17H24BrClN2O. The van der Waals surface area contributed by atoms with Crippen LogP contribution in [0.4, 0.5) is 0 Å². The predicted molar refractivity (Wildman–Crippen MR) is 95.2 cm³/mol. The van der Waals surface area contributed by atoms with Crippen LogP contribution in [0.3, 0.4) is 0 Å². The lowest BCUT2D eigenvalue weighted by molar-refractivity contribution is -0.123. The summed E-state index contributed by atoms with van der Waals surface area (Å²) >= 11 is 3.44. The van der Waals surface area contributed by atoms with Gasteiger partial charge < -0.3 is 10.6 Å². The highest BCUT2D eigenvalue weighted by atomic mass is 79.9. The molecule has 3 nitrogen and oxygen atoms in total. The topological polar surface area (TPSA) is 41.1 Å². The predicted octanol–water partition coefficient (Wildman–Crippen LogP) is 3.97. The Bertz CT molecular complexity index is 494. The van der Waals surface area contributed by atoms with Crippen molar-refractivity contribution in [1.82, 2.24) is 10.6 Å². The molecule has 0 bridgehead atoms. The van der Waals surface area contributed by atoms with Gasteiger partial charge in [-0.05, 0) is 49.8 Å². The van der Waals surface area contributed by atoms with Crippen LogP contribution >= 0.6 is 28.3 Å². The molecule has 1 amide bonds. The van der Waals surface area contributed by atoms with E-state index in [9.17, 15) is 4.79 Å². The van der Waals surface area contributed by atoms with Gasteiger partial charge in [0.2, 0.25) is 5.91 Å². The Kier molecular flexibility index (Phi) is 6.30. The van der Waals surface area contributed by atoms with Crippen LogP contribution in [0, 0.1) is 5.92 Å². The Hall–Kier alpha value is -0.580. The van der Waals surface area contributed by atoms with Crippen molar-refractivity contribution in [1.29, 1.82) is 0 Å². The van der Waals surface area contributed by atoms with Gasteiger partial charge in [-0.2, -0.15) is 0 Å². The molecule has 22 heavy (non-hydrogen) atoms. The molecule has 1 aromatic rings. The highest BCUT2D eigenvalue weighted by molar-refractivity contribution is 9.10. The summed E-state index contributed by atoms with van der Waals surface area (Å²) in [5.41, 5.74) is 1.14. The Morgan fingerprint density at radius 2 is 1.95 bits per heavy atom. The van der Waals surface area contributed by atoms with Crippen LogP contribution in [0.25, 0.3) is 0 Å². The second-order valence-electron chi connectivity index (χ2n) is 6.39. The molecule has 2 aliphatic rings. The molecule has 0 aromatic heterocycles. The second kappa shape index (κ2) is 7.80. The van der Waals surface area contributed by atoms with Gasteiger partial charge in [-0.25, -0.2) is 0 Å². The summed E-state index contributed by atoms with van der Waals surface area (Å²) in [4.78, 5) is 12.5. The van der Waals surface area contributed by atoms with Gasteiger partial charge in [0.25, 0.3) is 0 Å². The van der Waals surface area contributed by atoms with Gasteiger partial charge in [-0.1, -0.05) is 40.9 Å². The molecule has 0 radical (unpaired) electrons. The highest BCUT2D eigenvalue weighted by Gasteiger charge is 2.38. The van der Waals surface area contributed by atoms with E-state index in [2.05, 4.69) is 38.7 Å². The number of benzene rings is 1. The fourth-order valence-electron chi connectivity index (χ4n) is 3.67. The zero-order valence-electron chi connectivity index (χ0n) is 12.8. The first kappa shape index (κ1) is 17.8.